The van der Waals surface area contributed by atoms with Gasteiger partial charge >= 0.3 is 0 Å². The second-order valence-corrected chi connectivity index (χ2v) is 2.90. The molecule has 54 valence electrons. The summed E-state index contributed by atoms with van der Waals surface area (Å²) >= 11 is 8.82. The minimum Gasteiger partial charge on any atom is -0.397 e. The second-order valence-electron chi connectivity index (χ2n) is 1.73. The Kier molecular flexibility index (Phi) is 2.01. The summed E-state index contributed by atoms with van der Waals surface area (Å²) in [6, 6.07) is 0. The summed E-state index contributed by atoms with van der Waals surface area (Å²) in [5, 5.41) is 0.361. The second kappa shape index (κ2) is 2.64. The molecule has 0 saturated carbocycles. The van der Waals surface area contributed by atoms with Gasteiger partial charge < -0.3 is 11.5 Å². The van der Waals surface area contributed by atoms with Crippen LogP contribution in [0.5, 0.6) is 0 Å². The predicted molar refractivity (Wildman–Crippen MR) is 45.8 cm³/mol. The molecule has 3 nitrogen and oxygen atoms in total. The summed E-state index contributed by atoms with van der Waals surface area (Å²) in [6.07, 6.45) is 1.45. The van der Waals surface area contributed by atoms with E-state index in [0.717, 1.165) is 0 Å². The van der Waals surface area contributed by atoms with Crippen molar-refractivity contribution in [3.63, 3.8) is 0 Å². The van der Waals surface area contributed by atoms with Crippen molar-refractivity contribution in [1.82, 2.24) is 4.98 Å². The van der Waals surface area contributed by atoms with Crippen molar-refractivity contribution in [2.24, 2.45) is 0 Å². The monoisotopic (exact) mass is 221 g/mol. The number of pyridine rings is 1. The summed E-state index contributed by atoms with van der Waals surface area (Å²) in [4.78, 5) is 3.73. The molecule has 1 aromatic rings. The molecule has 0 unspecified atom stereocenters. The maximum atomic E-state index is 5.67. The lowest BCUT2D eigenvalue weighted by atomic mass is 10.4. The van der Waals surface area contributed by atoms with E-state index in [1.54, 1.807) is 0 Å². The van der Waals surface area contributed by atoms with Crippen LogP contribution in [0.4, 0.5) is 11.5 Å². The zero-order valence-corrected chi connectivity index (χ0v) is 7.28. The number of halogens is 2. The Labute approximate surface area is 71.5 Å². The van der Waals surface area contributed by atoms with Gasteiger partial charge in [-0.2, -0.15) is 0 Å². The van der Waals surface area contributed by atoms with Crippen LogP contribution in [0, 0.1) is 0 Å². The first-order valence-corrected chi connectivity index (χ1v) is 3.65. The van der Waals surface area contributed by atoms with Crippen LogP contribution in [0.2, 0.25) is 5.02 Å². The molecular formula is C5H5BrClN3. The molecule has 1 aromatic heterocycles. The highest BCUT2D eigenvalue weighted by Gasteiger charge is 2.04. The quantitative estimate of drug-likeness (QED) is 0.702. The van der Waals surface area contributed by atoms with Crippen molar-refractivity contribution in [2.75, 3.05) is 11.5 Å². The lowest BCUT2D eigenvalue weighted by Crippen LogP contribution is -1.95. The molecule has 0 amide bonds. The van der Waals surface area contributed by atoms with Gasteiger partial charge in [-0.3, -0.25) is 0 Å². The number of hydrogen-bond acceptors (Lipinski definition) is 3. The first-order valence-electron chi connectivity index (χ1n) is 2.48. The SMILES string of the molecule is Nc1cnc(N)c(Cl)c1Br. The molecule has 10 heavy (non-hydrogen) atoms. The summed E-state index contributed by atoms with van der Waals surface area (Å²) in [5.41, 5.74) is 11.3. The van der Waals surface area contributed by atoms with Gasteiger partial charge in [0.25, 0.3) is 0 Å². The zero-order valence-electron chi connectivity index (χ0n) is 4.94. The average Bonchev–Trinajstić information content (AvgIpc) is 1.93. The molecule has 0 spiro atoms. The highest BCUT2D eigenvalue weighted by molar-refractivity contribution is 9.10. The third kappa shape index (κ3) is 1.17. The molecule has 0 atom stereocenters. The molecule has 1 heterocycles. The van der Waals surface area contributed by atoms with Crippen molar-refractivity contribution >= 4 is 39.0 Å². The lowest BCUT2D eigenvalue weighted by Gasteiger charge is -2.00. The van der Waals surface area contributed by atoms with Gasteiger partial charge in [0.05, 0.1) is 21.4 Å². The van der Waals surface area contributed by atoms with Crippen LogP contribution in [0.3, 0.4) is 0 Å². The maximum absolute atomic E-state index is 5.67. The Hall–Kier alpha value is -0.480. The molecule has 0 aliphatic rings. The van der Waals surface area contributed by atoms with Gasteiger partial charge in [-0.1, -0.05) is 11.6 Å². The molecule has 0 aliphatic carbocycles. The standard InChI is InChI=1S/C5H5BrClN3/c6-3-2(8)1-10-5(9)4(3)7/h1H,8H2,(H2,9,10). The van der Waals surface area contributed by atoms with E-state index >= 15 is 0 Å². The van der Waals surface area contributed by atoms with Crippen LogP contribution < -0.4 is 11.5 Å². The largest absolute Gasteiger partial charge is 0.397 e. The molecule has 0 saturated heterocycles. The zero-order chi connectivity index (χ0) is 7.72. The number of hydrogen-bond donors (Lipinski definition) is 2. The fourth-order valence-corrected chi connectivity index (χ4v) is 0.955. The Morgan fingerprint density at radius 3 is 2.60 bits per heavy atom. The van der Waals surface area contributed by atoms with Crippen LogP contribution in [0.15, 0.2) is 10.7 Å². The topological polar surface area (TPSA) is 64.9 Å². The fourth-order valence-electron chi connectivity index (χ4n) is 0.492. The molecule has 0 aliphatic heterocycles. The Balaban J connectivity index is 3.34. The number of nitrogen functional groups attached to an aromatic ring is 2. The molecule has 1 rings (SSSR count). The summed E-state index contributed by atoms with van der Waals surface area (Å²) in [7, 11) is 0. The Morgan fingerprint density at radius 1 is 1.50 bits per heavy atom. The van der Waals surface area contributed by atoms with Crippen LogP contribution in [0.25, 0.3) is 0 Å². The van der Waals surface area contributed by atoms with E-state index in [1.165, 1.54) is 6.20 Å². The van der Waals surface area contributed by atoms with Gasteiger partial charge in [0, 0.05) is 0 Å². The summed E-state index contributed by atoms with van der Waals surface area (Å²) in [6.45, 7) is 0. The molecular weight excluding hydrogens is 217 g/mol. The Bertz CT molecular complexity index is 236. The first kappa shape index (κ1) is 7.63. The van der Waals surface area contributed by atoms with Crippen molar-refractivity contribution in [1.29, 1.82) is 0 Å². The number of nitrogens with two attached hydrogens (primary N) is 2. The van der Waals surface area contributed by atoms with E-state index in [-0.39, 0.29) is 5.82 Å². The summed E-state index contributed by atoms with van der Waals surface area (Å²) in [5.74, 6) is 0.280. The fraction of sp³-hybridized carbons (Fsp3) is 0. The van der Waals surface area contributed by atoms with Crippen LogP contribution in [-0.4, -0.2) is 4.98 Å². The van der Waals surface area contributed by atoms with Crippen LogP contribution in [0.1, 0.15) is 0 Å². The number of rotatable bonds is 0. The number of nitrogens with zero attached hydrogens (tertiary/aromatic N) is 1. The van der Waals surface area contributed by atoms with Crippen molar-refractivity contribution in [3.05, 3.63) is 15.7 Å². The lowest BCUT2D eigenvalue weighted by molar-refractivity contribution is 1.33. The molecule has 5 heteroatoms. The molecule has 0 bridgehead atoms. The van der Waals surface area contributed by atoms with Gasteiger partial charge in [0.2, 0.25) is 0 Å². The third-order valence-electron chi connectivity index (χ3n) is 1.01. The normalized spacial score (nSPS) is 9.80. The number of aromatic nitrogens is 1. The molecule has 0 fully saturated rings. The van der Waals surface area contributed by atoms with E-state index in [9.17, 15) is 0 Å². The van der Waals surface area contributed by atoms with Gasteiger partial charge in [-0.05, 0) is 15.9 Å². The predicted octanol–water partition coefficient (Wildman–Crippen LogP) is 1.66. The van der Waals surface area contributed by atoms with Crippen molar-refractivity contribution < 1.29 is 0 Å². The van der Waals surface area contributed by atoms with E-state index in [1.807, 2.05) is 0 Å². The van der Waals surface area contributed by atoms with Crippen molar-refractivity contribution in [3.8, 4) is 0 Å². The van der Waals surface area contributed by atoms with E-state index in [4.69, 9.17) is 23.1 Å². The minimum absolute atomic E-state index is 0.280. The first-order chi connectivity index (χ1) is 4.63. The highest BCUT2D eigenvalue weighted by Crippen LogP contribution is 2.30. The average molecular weight is 222 g/mol. The highest BCUT2D eigenvalue weighted by atomic mass is 79.9. The Morgan fingerprint density at radius 2 is 2.10 bits per heavy atom. The van der Waals surface area contributed by atoms with Gasteiger partial charge in [-0.15, -0.1) is 0 Å². The maximum Gasteiger partial charge on any atom is 0.143 e. The van der Waals surface area contributed by atoms with E-state index in [2.05, 4.69) is 20.9 Å². The smallest absolute Gasteiger partial charge is 0.143 e. The minimum atomic E-state index is 0.280. The molecule has 4 N–H and O–H groups in total. The van der Waals surface area contributed by atoms with Gasteiger partial charge in [0.15, 0.2) is 0 Å². The molecule has 0 radical (unpaired) electrons. The third-order valence-corrected chi connectivity index (χ3v) is 2.48. The molecule has 0 aromatic carbocycles. The van der Waals surface area contributed by atoms with Crippen molar-refractivity contribution in [2.45, 2.75) is 0 Å². The van der Waals surface area contributed by atoms with Gasteiger partial charge in [-0.25, -0.2) is 4.98 Å². The summed E-state index contributed by atoms with van der Waals surface area (Å²) < 4.78 is 0.599. The van der Waals surface area contributed by atoms with Crippen LogP contribution in [-0.2, 0) is 0 Å². The van der Waals surface area contributed by atoms with E-state index < -0.39 is 0 Å². The van der Waals surface area contributed by atoms with Gasteiger partial charge in [0.1, 0.15) is 5.82 Å². The van der Waals surface area contributed by atoms with Crippen LogP contribution >= 0.6 is 27.5 Å². The van der Waals surface area contributed by atoms with E-state index in [0.29, 0.717) is 15.2 Å². The number of anilines is 2.